The van der Waals surface area contributed by atoms with Crippen LogP contribution in [0.1, 0.15) is 11.1 Å². The highest BCUT2D eigenvalue weighted by Crippen LogP contribution is 2.27. The van der Waals surface area contributed by atoms with Crippen molar-refractivity contribution in [3.63, 3.8) is 0 Å². The number of fused-ring (bicyclic) bond motifs is 1. The van der Waals surface area contributed by atoms with Crippen LogP contribution < -0.4 is 5.32 Å². The Labute approximate surface area is 168 Å². The van der Waals surface area contributed by atoms with Gasteiger partial charge in [0.25, 0.3) is 0 Å². The number of thioether (sulfide) groups is 1. The molecule has 2 aromatic heterocycles. The number of carbonyl (C=O) groups excluding carboxylic acids is 1. The number of aromatic nitrogens is 5. The lowest BCUT2D eigenvalue weighted by molar-refractivity contribution is -0.113. The van der Waals surface area contributed by atoms with E-state index in [1.807, 2.05) is 32.0 Å². The van der Waals surface area contributed by atoms with Crippen LogP contribution >= 0.6 is 23.1 Å². The second-order valence-electron chi connectivity index (χ2n) is 6.08. The number of para-hydroxylation sites is 1. The van der Waals surface area contributed by atoms with E-state index in [0.717, 1.165) is 16.8 Å². The van der Waals surface area contributed by atoms with E-state index in [2.05, 4.69) is 25.8 Å². The lowest BCUT2D eigenvalue weighted by Gasteiger charge is -2.10. The smallest absolute Gasteiger partial charge is 0.236 e. The predicted molar refractivity (Wildman–Crippen MR) is 108 cm³/mol. The van der Waals surface area contributed by atoms with Gasteiger partial charge in [-0.3, -0.25) is 4.79 Å². The first kappa shape index (κ1) is 18.5. The number of thiazole rings is 1. The van der Waals surface area contributed by atoms with E-state index in [1.165, 1.54) is 35.2 Å². The van der Waals surface area contributed by atoms with Gasteiger partial charge in [-0.2, -0.15) is 4.68 Å². The molecule has 0 aliphatic carbocycles. The van der Waals surface area contributed by atoms with Gasteiger partial charge in [-0.1, -0.05) is 41.3 Å². The highest BCUT2D eigenvalue weighted by atomic mass is 32.2. The molecule has 1 amide bonds. The average Bonchev–Trinajstić information content (AvgIpc) is 3.26. The van der Waals surface area contributed by atoms with E-state index in [-0.39, 0.29) is 17.5 Å². The SMILES string of the molecule is Cc1cccc(C)c1-n1nnnc1SCC(=O)Nc1nc2ccc(F)cc2s1. The molecule has 0 fully saturated rings. The number of hydrogen-bond donors (Lipinski definition) is 1. The van der Waals surface area contributed by atoms with Crippen LogP contribution in [0.15, 0.2) is 41.6 Å². The fourth-order valence-corrected chi connectivity index (χ4v) is 4.37. The van der Waals surface area contributed by atoms with Gasteiger partial charge in [-0.25, -0.2) is 9.37 Å². The second kappa shape index (κ2) is 7.64. The number of amides is 1. The number of rotatable bonds is 5. The van der Waals surface area contributed by atoms with Gasteiger partial charge in [0, 0.05) is 0 Å². The third-order valence-electron chi connectivity index (χ3n) is 4.02. The summed E-state index contributed by atoms with van der Waals surface area (Å²) in [4.78, 5) is 16.6. The zero-order valence-electron chi connectivity index (χ0n) is 15.0. The summed E-state index contributed by atoms with van der Waals surface area (Å²) in [5.74, 6) is -0.446. The number of anilines is 1. The van der Waals surface area contributed by atoms with Crippen LogP contribution in [-0.4, -0.2) is 36.9 Å². The summed E-state index contributed by atoms with van der Waals surface area (Å²) in [7, 11) is 0. The molecule has 0 radical (unpaired) electrons. The molecule has 4 aromatic rings. The molecule has 142 valence electrons. The summed E-state index contributed by atoms with van der Waals surface area (Å²) < 4.78 is 15.6. The zero-order chi connectivity index (χ0) is 19.7. The molecule has 2 heterocycles. The van der Waals surface area contributed by atoms with Crippen molar-refractivity contribution in [2.45, 2.75) is 19.0 Å². The molecule has 4 rings (SSSR count). The third-order valence-corrected chi connectivity index (χ3v) is 5.87. The van der Waals surface area contributed by atoms with Crippen molar-refractivity contribution in [1.82, 2.24) is 25.2 Å². The maximum atomic E-state index is 13.3. The molecular formula is C18H15FN6OS2. The first-order valence-corrected chi connectivity index (χ1v) is 10.1. The first-order valence-electron chi connectivity index (χ1n) is 8.35. The van der Waals surface area contributed by atoms with Crippen LogP contribution in [0.4, 0.5) is 9.52 Å². The Morgan fingerprint density at radius 3 is 2.82 bits per heavy atom. The molecule has 0 spiro atoms. The van der Waals surface area contributed by atoms with Gasteiger partial charge in [0.1, 0.15) is 5.82 Å². The van der Waals surface area contributed by atoms with Gasteiger partial charge in [0.2, 0.25) is 11.1 Å². The Kier molecular flexibility index (Phi) is 5.05. The fraction of sp³-hybridized carbons (Fsp3) is 0.167. The van der Waals surface area contributed by atoms with Crippen molar-refractivity contribution in [3.8, 4) is 5.69 Å². The van der Waals surface area contributed by atoms with Gasteiger partial charge in [0.05, 0.1) is 21.7 Å². The maximum Gasteiger partial charge on any atom is 0.236 e. The van der Waals surface area contributed by atoms with Crippen LogP contribution in [0.3, 0.4) is 0 Å². The molecule has 0 bridgehead atoms. The van der Waals surface area contributed by atoms with Crippen LogP contribution in [0.5, 0.6) is 0 Å². The van der Waals surface area contributed by atoms with E-state index >= 15 is 0 Å². The van der Waals surface area contributed by atoms with Crippen LogP contribution in [0.25, 0.3) is 15.9 Å². The van der Waals surface area contributed by atoms with Crippen LogP contribution in [0.2, 0.25) is 0 Å². The molecule has 0 aliphatic rings. The minimum absolute atomic E-state index is 0.121. The van der Waals surface area contributed by atoms with E-state index in [1.54, 1.807) is 10.7 Å². The number of tetrazole rings is 1. The van der Waals surface area contributed by atoms with Gasteiger partial charge in [-0.15, -0.1) is 5.10 Å². The number of nitrogens with one attached hydrogen (secondary N) is 1. The van der Waals surface area contributed by atoms with Crippen molar-refractivity contribution in [1.29, 1.82) is 0 Å². The van der Waals surface area contributed by atoms with Crippen molar-refractivity contribution in [2.75, 3.05) is 11.1 Å². The summed E-state index contributed by atoms with van der Waals surface area (Å²) in [6.07, 6.45) is 0. The highest BCUT2D eigenvalue weighted by Gasteiger charge is 2.15. The van der Waals surface area contributed by atoms with Gasteiger partial charge in [0.15, 0.2) is 5.13 Å². The minimum atomic E-state index is -0.331. The Morgan fingerprint density at radius 1 is 1.25 bits per heavy atom. The van der Waals surface area contributed by atoms with Crippen molar-refractivity contribution < 1.29 is 9.18 Å². The number of halogens is 1. The molecule has 0 aliphatic heterocycles. The van der Waals surface area contributed by atoms with E-state index in [9.17, 15) is 9.18 Å². The van der Waals surface area contributed by atoms with E-state index < -0.39 is 0 Å². The number of aryl methyl sites for hydroxylation is 2. The molecular weight excluding hydrogens is 399 g/mol. The Morgan fingerprint density at radius 2 is 2.04 bits per heavy atom. The topological polar surface area (TPSA) is 85.6 Å². The second-order valence-corrected chi connectivity index (χ2v) is 8.05. The quantitative estimate of drug-likeness (QED) is 0.501. The van der Waals surface area contributed by atoms with Gasteiger partial charge >= 0.3 is 0 Å². The standard InChI is InChI=1S/C18H15FN6OS2/c1-10-4-3-5-11(2)16(10)25-18(22-23-24-25)27-9-15(26)21-17-20-13-7-6-12(19)8-14(13)28-17/h3-8H,9H2,1-2H3,(H,20,21,26). The lowest BCUT2D eigenvalue weighted by atomic mass is 10.1. The molecule has 28 heavy (non-hydrogen) atoms. The Balaban J connectivity index is 1.46. The fourth-order valence-electron chi connectivity index (χ4n) is 2.79. The summed E-state index contributed by atoms with van der Waals surface area (Å²) in [6, 6.07) is 10.3. The molecule has 0 atom stereocenters. The molecule has 1 N–H and O–H groups in total. The Bertz CT molecular complexity index is 1150. The highest BCUT2D eigenvalue weighted by molar-refractivity contribution is 7.99. The summed E-state index contributed by atoms with van der Waals surface area (Å²) in [5, 5.41) is 15.5. The minimum Gasteiger partial charge on any atom is -0.301 e. The summed E-state index contributed by atoms with van der Waals surface area (Å²) >= 11 is 2.46. The molecule has 2 aromatic carbocycles. The van der Waals surface area contributed by atoms with Crippen LogP contribution in [-0.2, 0) is 4.79 Å². The Hall–Kier alpha value is -2.85. The summed E-state index contributed by atoms with van der Waals surface area (Å²) in [5.41, 5.74) is 3.64. The third kappa shape index (κ3) is 3.73. The number of hydrogen-bond acceptors (Lipinski definition) is 7. The van der Waals surface area contributed by atoms with Crippen molar-refractivity contribution in [2.24, 2.45) is 0 Å². The number of benzene rings is 2. The molecule has 0 saturated heterocycles. The summed E-state index contributed by atoms with van der Waals surface area (Å²) in [6.45, 7) is 3.97. The monoisotopic (exact) mass is 414 g/mol. The van der Waals surface area contributed by atoms with E-state index in [0.29, 0.717) is 20.5 Å². The largest absolute Gasteiger partial charge is 0.301 e. The van der Waals surface area contributed by atoms with Gasteiger partial charge < -0.3 is 5.32 Å². The van der Waals surface area contributed by atoms with Crippen molar-refractivity contribution >= 4 is 44.4 Å². The first-order chi connectivity index (χ1) is 13.5. The number of nitrogens with zero attached hydrogens (tertiary/aromatic N) is 5. The predicted octanol–water partition coefficient (Wildman–Crippen LogP) is 3.76. The number of carbonyl (C=O) groups is 1. The van der Waals surface area contributed by atoms with Crippen LogP contribution in [0, 0.1) is 19.7 Å². The van der Waals surface area contributed by atoms with Crippen molar-refractivity contribution in [3.05, 3.63) is 53.3 Å². The molecule has 7 nitrogen and oxygen atoms in total. The zero-order valence-corrected chi connectivity index (χ0v) is 16.6. The normalized spacial score (nSPS) is 11.1. The molecule has 10 heteroatoms. The lowest BCUT2D eigenvalue weighted by Crippen LogP contribution is -2.14. The maximum absolute atomic E-state index is 13.3. The molecule has 0 saturated carbocycles. The molecule has 0 unspecified atom stereocenters. The average molecular weight is 414 g/mol. The van der Waals surface area contributed by atoms with Gasteiger partial charge in [-0.05, 0) is 53.6 Å². The van der Waals surface area contributed by atoms with E-state index in [4.69, 9.17) is 0 Å².